The Morgan fingerprint density at radius 3 is 2.79 bits per heavy atom. The van der Waals surface area contributed by atoms with Gasteiger partial charge in [-0.3, -0.25) is 0 Å². The molecule has 0 saturated heterocycles. The molecule has 1 fully saturated rings. The Balaban J connectivity index is 1.78. The van der Waals surface area contributed by atoms with Gasteiger partial charge in [-0.25, -0.2) is 13.8 Å². The van der Waals surface area contributed by atoms with Crippen LogP contribution in [-0.2, 0) is 6.42 Å². The molecule has 5 heteroatoms. The normalized spacial score (nSPS) is 16.6. The van der Waals surface area contributed by atoms with E-state index in [4.69, 9.17) is 0 Å². The summed E-state index contributed by atoms with van der Waals surface area (Å²) in [5, 5.41) is 10.2. The molecular weight excluding hydrogens is 250 g/mol. The minimum absolute atomic E-state index is 0.246. The highest BCUT2D eigenvalue weighted by atomic mass is 19.2. The van der Waals surface area contributed by atoms with Gasteiger partial charge in [0.05, 0.1) is 24.3 Å². The number of halogens is 2. The number of imidazole rings is 1. The fraction of sp³-hybridized carbons (Fsp3) is 0.357. The minimum Gasteiger partial charge on any atom is -0.386 e. The maximum Gasteiger partial charge on any atom is 0.159 e. The van der Waals surface area contributed by atoms with Crippen LogP contribution in [0.2, 0.25) is 0 Å². The highest BCUT2D eigenvalue weighted by Gasteiger charge is 2.27. The lowest BCUT2D eigenvalue weighted by atomic mass is 10.1. The van der Waals surface area contributed by atoms with E-state index in [0.29, 0.717) is 11.6 Å². The third-order valence-corrected chi connectivity index (χ3v) is 3.39. The topological polar surface area (TPSA) is 38.1 Å². The van der Waals surface area contributed by atoms with Crippen molar-refractivity contribution in [2.75, 3.05) is 0 Å². The SMILES string of the molecule is OC(Cc1ccc(F)c(F)c1)c1cncn1C1CC1. The third kappa shape index (κ3) is 2.51. The number of rotatable bonds is 4. The molecule has 2 aromatic rings. The van der Waals surface area contributed by atoms with Crippen LogP contribution in [-0.4, -0.2) is 14.7 Å². The van der Waals surface area contributed by atoms with Crippen LogP contribution < -0.4 is 0 Å². The number of hydrogen-bond donors (Lipinski definition) is 1. The van der Waals surface area contributed by atoms with Gasteiger partial charge < -0.3 is 9.67 Å². The molecule has 0 bridgehead atoms. The van der Waals surface area contributed by atoms with Gasteiger partial charge in [-0.2, -0.15) is 0 Å². The van der Waals surface area contributed by atoms with Crippen LogP contribution in [0.4, 0.5) is 8.78 Å². The number of aliphatic hydroxyl groups excluding tert-OH is 1. The number of aliphatic hydroxyl groups is 1. The number of hydrogen-bond acceptors (Lipinski definition) is 2. The highest BCUT2D eigenvalue weighted by Crippen LogP contribution is 2.37. The van der Waals surface area contributed by atoms with Gasteiger partial charge in [0, 0.05) is 12.5 Å². The van der Waals surface area contributed by atoms with Gasteiger partial charge in [0.15, 0.2) is 11.6 Å². The summed E-state index contributed by atoms with van der Waals surface area (Å²) in [6.07, 6.45) is 5.02. The van der Waals surface area contributed by atoms with Crippen LogP contribution in [0.25, 0.3) is 0 Å². The van der Waals surface area contributed by atoms with Gasteiger partial charge in [0.2, 0.25) is 0 Å². The molecule has 100 valence electrons. The molecule has 1 atom stereocenters. The third-order valence-electron chi connectivity index (χ3n) is 3.39. The van der Waals surface area contributed by atoms with Gasteiger partial charge in [0.25, 0.3) is 0 Å². The average molecular weight is 264 g/mol. The van der Waals surface area contributed by atoms with E-state index >= 15 is 0 Å². The van der Waals surface area contributed by atoms with Crippen LogP contribution in [0.3, 0.4) is 0 Å². The summed E-state index contributed by atoms with van der Waals surface area (Å²) < 4.78 is 27.9. The van der Waals surface area contributed by atoms with Crippen LogP contribution in [0, 0.1) is 11.6 Å². The van der Waals surface area contributed by atoms with Gasteiger partial charge in [-0.05, 0) is 30.5 Å². The zero-order chi connectivity index (χ0) is 13.4. The Kier molecular flexibility index (Phi) is 3.06. The maximum absolute atomic E-state index is 13.1. The van der Waals surface area contributed by atoms with Gasteiger partial charge in [-0.1, -0.05) is 6.07 Å². The smallest absolute Gasteiger partial charge is 0.159 e. The Labute approximate surface area is 109 Å². The Morgan fingerprint density at radius 1 is 1.32 bits per heavy atom. The van der Waals surface area contributed by atoms with Crippen molar-refractivity contribution >= 4 is 0 Å². The molecule has 1 aromatic carbocycles. The summed E-state index contributed by atoms with van der Waals surface area (Å²) in [5.41, 5.74) is 1.29. The Hall–Kier alpha value is -1.75. The molecule has 0 radical (unpaired) electrons. The van der Waals surface area contributed by atoms with Crippen molar-refractivity contribution in [3.05, 3.63) is 53.6 Å². The molecular formula is C14H14F2N2O. The van der Waals surface area contributed by atoms with Crippen molar-refractivity contribution in [1.29, 1.82) is 0 Å². The molecule has 1 aliphatic carbocycles. The van der Waals surface area contributed by atoms with E-state index in [2.05, 4.69) is 4.98 Å². The predicted octanol–water partition coefficient (Wildman–Crippen LogP) is 2.77. The summed E-state index contributed by atoms with van der Waals surface area (Å²) in [7, 11) is 0. The lowest BCUT2D eigenvalue weighted by Gasteiger charge is -2.13. The van der Waals surface area contributed by atoms with E-state index in [9.17, 15) is 13.9 Å². The molecule has 1 heterocycles. The number of benzene rings is 1. The van der Waals surface area contributed by atoms with Crippen molar-refractivity contribution in [2.45, 2.75) is 31.4 Å². The summed E-state index contributed by atoms with van der Waals surface area (Å²) in [4.78, 5) is 4.05. The fourth-order valence-corrected chi connectivity index (χ4v) is 2.23. The van der Waals surface area contributed by atoms with Crippen molar-refractivity contribution in [1.82, 2.24) is 9.55 Å². The molecule has 1 aromatic heterocycles. The zero-order valence-corrected chi connectivity index (χ0v) is 10.3. The summed E-state index contributed by atoms with van der Waals surface area (Å²) in [6.45, 7) is 0. The molecule has 0 aliphatic heterocycles. The first-order chi connectivity index (χ1) is 9.15. The molecule has 1 N–H and O–H groups in total. The number of aromatic nitrogens is 2. The predicted molar refractivity (Wildman–Crippen MR) is 65.5 cm³/mol. The minimum atomic E-state index is -0.889. The quantitative estimate of drug-likeness (QED) is 0.922. The van der Waals surface area contributed by atoms with E-state index < -0.39 is 17.7 Å². The molecule has 0 spiro atoms. The van der Waals surface area contributed by atoms with E-state index in [1.165, 1.54) is 6.07 Å². The molecule has 3 rings (SSSR count). The second-order valence-corrected chi connectivity index (χ2v) is 4.93. The second kappa shape index (κ2) is 4.74. The van der Waals surface area contributed by atoms with Crippen molar-refractivity contribution in [2.24, 2.45) is 0 Å². The van der Waals surface area contributed by atoms with Gasteiger partial charge >= 0.3 is 0 Å². The zero-order valence-electron chi connectivity index (χ0n) is 10.3. The van der Waals surface area contributed by atoms with Crippen molar-refractivity contribution in [3.63, 3.8) is 0 Å². The summed E-state index contributed by atoms with van der Waals surface area (Å²) in [5.74, 6) is -1.76. The highest BCUT2D eigenvalue weighted by molar-refractivity contribution is 5.20. The Morgan fingerprint density at radius 2 is 2.11 bits per heavy atom. The second-order valence-electron chi connectivity index (χ2n) is 4.93. The van der Waals surface area contributed by atoms with Crippen molar-refractivity contribution in [3.8, 4) is 0 Å². The van der Waals surface area contributed by atoms with Crippen LogP contribution >= 0.6 is 0 Å². The van der Waals surface area contributed by atoms with E-state index in [1.807, 2.05) is 4.57 Å². The molecule has 19 heavy (non-hydrogen) atoms. The largest absolute Gasteiger partial charge is 0.386 e. The lowest BCUT2D eigenvalue weighted by molar-refractivity contribution is 0.168. The molecule has 3 nitrogen and oxygen atoms in total. The van der Waals surface area contributed by atoms with Crippen LogP contribution in [0.1, 0.15) is 36.2 Å². The molecule has 1 aliphatic rings. The van der Waals surface area contributed by atoms with Crippen molar-refractivity contribution < 1.29 is 13.9 Å². The van der Waals surface area contributed by atoms with E-state index in [0.717, 1.165) is 30.7 Å². The van der Waals surface area contributed by atoms with Gasteiger partial charge in [-0.15, -0.1) is 0 Å². The first kappa shape index (κ1) is 12.3. The Bertz CT molecular complexity index is 593. The van der Waals surface area contributed by atoms with E-state index in [1.54, 1.807) is 12.5 Å². The monoisotopic (exact) mass is 264 g/mol. The molecule has 1 saturated carbocycles. The standard InChI is InChI=1S/C14H14F2N2O/c15-11-4-1-9(5-12(11)16)6-14(19)13-7-17-8-18(13)10-2-3-10/h1,4-5,7-8,10,14,19H,2-3,6H2. The van der Waals surface area contributed by atoms with Crippen LogP contribution in [0.5, 0.6) is 0 Å². The van der Waals surface area contributed by atoms with Gasteiger partial charge in [0.1, 0.15) is 0 Å². The van der Waals surface area contributed by atoms with Crippen LogP contribution in [0.15, 0.2) is 30.7 Å². The maximum atomic E-state index is 13.1. The average Bonchev–Trinajstić information content (AvgIpc) is 3.11. The first-order valence-electron chi connectivity index (χ1n) is 6.29. The summed E-state index contributed by atoms with van der Waals surface area (Å²) in [6, 6.07) is 4.11. The summed E-state index contributed by atoms with van der Waals surface area (Å²) >= 11 is 0. The number of nitrogens with zero attached hydrogens (tertiary/aromatic N) is 2. The first-order valence-corrected chi connectivity index (χ1v) is 6.29. The molecule has 1 unspecified atom stereocenters. The molecule has 0 amide bonds. The lowest BCUT2D eigenvalue weighted by Crippen LogP contribution is -2.08. The fourth-order valence-electron chi connectivity index (χ4n) is 2.23. The van der Waals surface area contributed by atoms with E-state index in [-0.39, 0.29) is 6.42 Å².